The number of non-ortho nitro benzene ring substituents is 1. The van der Waals surface area contributed by atoms with Crippen LogP contribution in [0, 0.1) is 17.0 Å². The first-order valence-corrected chi connectivity index (χ1v) is 16.3. The Morgan fingerprint density at radius 3 is 2.33 bits per heavy atom. The molecule has 0 bridgehead atoms. The van der Waals surface area contributed by atoms with Crippen molar-refractivity contribution in [1.82, 2.24) is 20.1 Å². The van der Waals surface area contributed by atoms with Gasteiger partial charge in [0.15, 0.2) is 11.0 Å². The summed E-state index contributed by atoms with van der Waals surface area (Å²) in [6.45, 7) is 6.60. The monoisotopic (exact) mass is 696 g/mol. The first-order valence-electron chi connectivity index (χ1n) is 14.6. The molecule has 0 fully saturated rings. The fourth-order valence-electron chi connectivity index (χ4n) is 4.43. The minimum atomic E-state index is -0.828. The number of hydrogen-bond acceptors (Lipinski definition) is 13. The largest absolute Gasteiger partial charge is 0.496 e. The Balaban J connectivity index is 1.62. The third-order valence-corrected chi connectivity index (χ3v) is 8.98. The molecule has 0 radical (unpaired) electrons. The lowest BCUT2D eigenvalue weighted by atomic mass is 10.1. The van der Waals surface area contributed by atoms with Crippen molar-refractivity contribution in [1.29, 1.82) is 0 Å². The quantitative estimate of drug-likeness (QED) is 0.0780. The maximum absolute atomic E-state index is 13.5. The summed E-state index contributed by atoms with van der Waals surface area (Å²) in [5.41, 5.74) is 0.992. The number of benzene rings is 2. The molecule has 0 saturated heterocycles. The standard InChI is InChI=1S/C31H32N6O9S2/c1-6-45-29(40)24-17(3)25(30(41)46-7-2)48-28(24)33-26(38)18(4)47-31-35-34-23(36(31)19-12-14-20(15-13-19)37(42)43)16-32-27(39)21-10-8-9-11-22(21)44-5/h8-15,18H,6-7,16H2,1-5H3,(H,32,39)(H,33,38). The molecule has 2 heterocycles. The number of thiophene rings is 1. The number of nitro benzene ring substituents is 1. The van der Waals surface area contributed by atoms with Crippen LogP contribution >= 0.6 is 23.1 Å². The Bertz CT molecular complexity index is 1840. The van der Waals surface area contributed by atoms with Crippen LogP contribution in [0.3, 0.4) is 0 Å². The molecular weight excluding hydrogens is 665 g/mol. The van der Waals surface area contributed by atoms with Crippen LogP contribution in [-0.4, -0.2) is 69.0 Å². The van der Waals surface area contributed by atoms with Crippen LogP contribution in [0.4, 0.5) is 10.7 Å². The molecule has 1 unspecified atom stereocenters. The second-order valence-electron chi connectivity index (χ2n) is 9.84. The number of nitrogens with one attached hydrogen (secondary N) is 2. The van der Waals surface area contributed by atoms with E-state index in [4.69, 9.17) is 14.2 Å². The normalized spacial score (nSPS) is 11.4. The molecule has 2 aromatic carbocycles. The molecule has 0 spiro atoms. The van der Waals surface area contributed by atoms with Gasteiger partial charge in [0.2, 0.25) is 5.91 Å². The van der Waals surface area contributed by atoms with E-state index in [1.54, 1.807) is 56.5 Å². The fourth-order valence-corrected chi connectivity index (χ4v) is 6.41. The summed E-state index contributed by atoms with van der Waals surface area (Å²) >= 11 is 1.92. The molecule has 2 N–H and O–H groups in total. The highest BCUT2D eigenvalue weighted by molar-refractivity contribution is 8.00. The highest BCUT2D eigenvalue weighted by Gasteiger charge is 2.29. The Labute approximate surface area is 283 Å². The van der Waals surface area contributed by atoms with Crippen LogP contribution in [0.1, 0.15) is 62.5 Å². The number of hydrogen-bond donors (Lipinski definition) is 2. The van der Waals surface area contributed by atoms with Crippen LogP contribution in [0.25, 0.3) is 5.69 Å². The Kier molecular flexibility index (Phi) is 11.9. The molecule has 4 aromatic rings. The number of esters is 2. The highest BCUT2D eigenvalue weighted by Crippen LogP contribution is 2.35. The van der Waals surface area contributed by atoms with E-state index in [2.05, 4.69) is 20.8 Å². The zero-order chi connectivity index (χ0) is 35.0. The van der Waals surface area contributed by atoms with Crippen LogP contribution in [0.5, 0.6) is 5.75 Å². The molecule has 0 aliphatic heterocycles. The van der Waals surface area contributed by atoms with E-state index in [-0.39, 0.29) is 51.9 Å². The lowest BCUT2D eigenvalue weighted by Crippen LogP contribution is -2.25. The molecule has 15 nitrogen and oxygen atoms in total. The number of carbonyl (C=O) groups is 4. The number of anilines is 1. The Hall–Kier alpha value is -5.29. The maximum Gasteiger partial charge on any atom is 0.348 e. The molecule has 0 saturated carbocycles. The van der Waals surface area contributed by atoms with Gasteiger partial charge in [-0.05, 0) is 57.5 Å². The number of amides is 2. The number of carbonyl (C=O) groups excluding carboxylic acids is 4. The Morgan fingerprint density at radius 2 is 1.69 bits per heavy atom. The van der Waals surface area contributed by atoms with Crippen molar-refractivity contribution >= 4 is 57.5 Å². The lowest BCUT2D eigenvalue weighted by molar-refractivity contribution is -0.384. The highest BCUT2D eigenvalue weighted by atomic mass is 32.2. The van der Waals surface area contributed by atoms with Crippen molar-refractivity contribution in [2.24, 2.45) is 0 Å². The van der Waals surface area contributed by atoms with Gasteiger partial charge in [0.1, 0.15) is 15.6 Å². The van der Waals surface area contributed by atoms with Gasteiger partial charge in [0.05, 0.1) is 48.2 Å². The minimum absolute atomic E-state index is 0.0533. The average molecular weight is 697 g/mol. The molecular formula is C31H32N6O9S2. The van der Waals surface area contributed by atoms with E-state index in [0.29, 0.717) is 22.6 Å². The van der Waals surface area contributed by atoms with Crippen molar-refractivity contribution in [3.05, 3.63) is 86.0 Å². The number of thioether (sulfide) groups is 1. The summed E-state index contributed by atoms with van der Waals surface area (Å²) in [6.07, 6.45) is 0. The molecule has 1 atom stereocenters. The third-order valence-electron chi connectivity index (χ3n) is 6.75. The van der Waals surface area contributed by atoms with Crippen LogP contribution in [0.2, 0.25) is 0 Å². The van der Waals surface area contributed by atoms with Crippen molar-refractivity contribution in [2.45, 2.75) is 44.6 Å². The van der Waals surface area contributed by atoms with Gasteiger partial charge in [0, 0.05) is 17.8 Å². The summed E-state index contributed by atoms with van der Waals surface area (Å²) in [5.74, 6) is -1.63. The van der Waals surface area contributed by atoms with Gasteiger partial charge in [-0.15, -0.1) is 21.5 Å². The first-order chi connectivity index (χ1) is 23.0. The number of rotatable bonds is 14. The zero-order valence-electron chi connectivity index (χ0n) is 26.6. The Morgan fingerprint density at radius 1 is 1.02 bits per heavy atom. The second kappa shape index (κ2) is 16.0. The van der Waals surface area contributed by atoms with E-state index in [1.165, 1.54) is 31.4 Å². The topological polar surface area (TPSA) is 194 Å². The number of para-hydroxylation sites is 1. The van der Waals surface area contributed by atoms with Crippen molar-refractivity contribution in [3.63, 3.8) is 0 Å². The molecule has 17 heteroatoms. The van der Waals surface area contributed by atoms with Crippen LogP contribution < -0.4 is 15.4 Å². The third kappa shape index (κ3) is 7.98. The van der Waals surface area contributed by atoms with E-state index in [0.717, 1.165) is 23.1 Å². The van der Waals surface area contributed by atoms with Crippen molar-refractivity contribution in [3.8, 4) is 11.4 Å². The molecule has 252 valence electrons. The van der Waals surface area contributed by atoms with Crippen LogP contribution in [0.15, 0.2) is 53.7 Å². The smallest absolute Gasteiger partial charge is 0.348 e. The number of aromatic nitrogens is 3. The molecule has 4 rings (SSSR count). The maximum atomic E-state index is 13.5. The summed E-state index contributed by atoms with van der Waals surface area (Å²) in [7, 11) is 1.45. The van der Waals surface area contributed by atoms with Gasteiger partial charge in [-0.3, -0.25) is 24.3 Å². The number of nitrogens with zero attached hydrogens (tertiary/aromatic N) is 4. The number of methoxy groups -OCH3 is 1. The van der Waals surface area contributed by atoms with Gasteiger partial charge in [-0.1, -0.05) is 23.9 Å². The van der Waals surface area contributed by atoms with E-state index >= 15 is 0 Å². The first kappa shape index (κ1) is 35.6. The van der Waals surface area contributed by atoms with E-state index in [1.807, 2.05) is 0 Å². The average Bonchev–Trinajstić information content (AvgIpc) is 3.63. The molecule has 2 aromatic heterocycles. The summed E-state index contributed by atoms with van der Waals surface area (Å²) in [4.78, 5) is 62.7. The number of nitro groups is 1. The SMILES string of the molecule is CCOC(=O)c1sc(NC(=O)C(C)Sc2nnc(CNC(=O)c3ccccc3OC)n2-c2ccc([N+](=O)[O-])cc2)c(C(=O)OCC)c1C. The van der Waals surface area contributed by atoms with E-state index in [9.17, 15) is 29.3 Å². The van der Waals surface area contributed by atoms with Gasteiger partial charge in [0.25, 0.3) is 11.6 Å². The predicted octanol–water partition coefficient (Wildman–Crippen LogP) is 4.96. The second-order valence-corrected chi connectivity index (χ2v) is 12.2. The zero-order valence-corrected chi connectivity index (χ0v) is 28.2. The van der Waals surface area contributed by atoms with Gasteiger partial charge >= 0.3 is 11.9 Å². The van der Waals surface area contributed by atoms with Gasteiger partial charge in [-0.25, -0.2) is 9.59 Å². The number of ether oxygens (including phenoxy) is 3. The van der Waals surface area contributed by atoms with Crippen molar-refractivity contribution < 1.29 is 38.3 Å². The fraction of sp³-hybridized carbons (Fsp3) is 0.290. The van der Waals surface area contributed by atoms with Crippen molar-refractivity contribution in [2.75, 3.05) is 25.6 Å². The summed E-state index contributed by atoms with van der Waals surface area (Å²) in [5, 5.41) is 24.8. The molecule has 48 heavy (non-hydrogen) atoms. The summed E-state index contributed by atoms with van der Waals surface area (Å²) in [6, 6.07) is 12.3. The minimum Gasteiger partial charge on any atom is -0.496 e. The predicted molar refractivity (Wildman–Crippen MR) is 177 cm³/mol. The van der Waals surface area contributed by atoms with Gasteiger partial charge < -0.3 is 24.8 Å². The molecule has 0 aliphatic carbocycles. The van der Waals surface area contributed by atoms with Crippen LogP contribution in [-0.2, 0) is 20.8 Å². The van der Waals surface area contributed by atoms with Gasteiger partial charge in [-0.2, -0.15) is 0 Å². The molecule has 0 aliphatic rings. The lowest BCUT2D eigenvalue weighted by Gasteiger charge is -2.14. The van der Waals surface area contributed by atoms with E-state index < -0.39 is 33.9 Å². The summed E-state index contributed by atoms with van der Waals surface area (Å²) < 4.78 is 17.1. The molecule has 2 amide bonds.